The number of hydrogen-bond donors (Lipinski definition) is 1. The molecule has 0 bridgehead atoms. The first kappa shape index (κ1) is 23.3. The van der Waals surface area contributed by atoms with Gasteiger partial charge in [-0.2, -0.15) is 4.31 Å². The normalized spacial score (nSPS) is 11.5. The third-order valence-corrected chi connectivity index (χ3v) is 7.04. The number of amides is 1. The molecule has 1 N–H and O–H groups in total. The average molecular weight is 477 g/mol. The Kier molecular flexibility index (Phi) is 7.38. The average Bonchev–Trinajstić information content (AvgIpc) is 2.69. The molecule has 0 fully saturated rings. The van der Waals surface area contributed by atoms with E-state index in [9.17, 15) is 13.2 Å². The van der Waals surface area contributed by atoms with Gasteiger partial charge in [0, 0.05) is 22.3 Å². The number of nitrogens with zero attached hydrogens (tertiary/aromatic N) is 1. The molecule has 3 aromatic rings. The number of benzene rings is 3. The summed E-state index contributed by atoms with van der Waals surface area (Å²) in [5, 5.41) is 3.53. The van der Waals surface area contributed by atoms with Crippen LogP contribution in [0.2, 0.25) is 10.0 Å². The molecule has 0 unspecified atom stereocenters. The lowest BCUT2D eigenvalue weighted by molar-refractivity contribution is -0.116. The molecule has 3 rings (SSSR count). The maximum atomic E-state index is 13.3. The number of halogens is 2. The molecular weight excluding hydrogens is 455 g/mol. The Bertz CT molecular complexity index is 1200. The van der Waals surface area contributed by atoms with Crippen molar-refractivity contribution in [1.82, 2.24) is 4.31 Å². The van der Waals surface area contributed by atoms with Crippen molar-refractivity contribution in [3.63, 3.8) is 0 Å². The van der Waals surface area contributed by atoms with Crippen LogP contribution in [0.4, 0.5) is 5.69 Å². The van der Waals surface area contributed by atoms with Crippen molar-refractivity contribution < 1.29 is 13.2 Å². The van der Waals surface area contributed by atoms with Crippen molar-refractivity contribution in [2.45, 2.75) is 25.3 Å². The van der Waals surface area contributed by atoms with Gasteiger partial charge in [-0.05, 0) is 61.4 Å². The van der Waals surface area contributed by atoms with E-state index in [1.807, 2.05) is 32.0 Å². The summed E-state index contributed by atoms with van der Waals surface area (Å²) < 4.78 is 27.8. The van der Waals surface area contributed by atoms with E-state index in [0.29, 0.717) is 21.3 Å². The molecule has 162 valence electrons. The smallest absolute Gasteiger partial charge is 0.243 e. The standard InChI is InChI=1S/C23H22Cl2N2O3S/c1-16-6-10-21(11-7-16)31(29,30)27(14-18-8-9-19(24)13-22(18)25)15-23(28)26-20-5-3-4-17(2)12-20/h3-13H,14-15H2,1-2H3,(H,26,28). The largest absolute Gasteiger partial charge is 0.325 e. The minimum absolute atomic E-state index is 0.0759. The fraction of sp³-hybridized carbons (Fsp3) is 0.174. The van der Waals surface area contributed by atoms with Crippen LogP contribution in [0.1, 0.15) is 16.7 Å². The third-order valence-electron chi connectivity index (χ3n) is 4.64. The van der Waals surface area contributed by atoms with Gasteiger partial charge in [-0.15, -0.1) is 0 Å². The Morgan fingerprint density at radius 2 is 1.65 bits per heavy atom. The summed E-state index contributed by atoms with van der Waals surface area (Å²) in [6.07, 6.45) is 0. The first-order valence-electron chi connectivity index (χ1n) is 9.52. The molecular formula is C23H22Cl2N2O3S. The van der Waals surface area contributed by atoms with Crippen molar-refractivity contribution in [1.29, 1.82) is 0 Å². The molecule has 0 aromatic heterocycles. The number of hydrogen-bond acceptors (Lipinski definition) is 3. The van der Waals surface area contributed by atoms with E-state index in [1.165, 1.54) is 12.1 Å². The van der Waals surface area contributed by atoms with Gasteiger partial charge >= 0.3 is 0 Å². The van der Waals surface area contributed by atoms with Gasteiger partial charge in [0.2, 0.25) is 15.9 Å². The summed E-state index contributed by atoms with van der Waals surface area (Å²) in [5.41, 5.74) is 3.06. The summed E-state index contributed by atoms with van der Waals surface area (Å²) in [6, 6.07) is 18.6. The van der Waals surface area contributed by atoms with Crippen molar-refractivity contribution in [3.8, 4) is 0 Å². The molecule has 0 radical (unpaired) electrons. The lowest BCUT2D eigenvalue weighted by Crippen LogP contribution is -2.37. The van der Waals surface area contributed by atoms with Gasteiger partial charge in [0.25, 0.3) is 0 Å². The number of carbonyl (C=O) groups is 1. The molecule has 0 heterocycles. The highest BCUT2D eigenvalue weighted by Crippen LogP contribution is 2.25. The van der Waals surface area contributed by atoms with Gasteiger partial charge in [-0.3, -0.25) is 4.79 Å². The second-order valence-corrected chi connectivity index (χ2v) is 10.0. The zero-order valence-corrected chi connectivity index (χ0v) is 19.4. The molecule has 0 saturated carbocycles. The molecule has 0 aliphatic carbocycles. The molecule has 0 atom stereocenters. The quantitative estimate of drug-likeness (QED) is 0.493. The number of carbonyl (C=O) groups excluding carboxylic acids is 1. The Morgan fingerprint density at radius 1 is 0.935 bits per heavy atom. The first-order valence-corrected chi connectivity index (χ1v) is 11.7. The van der Waals surface area contributed by atoms with Gasteiger partial charge in [-0.1, -0.05) is 59.1 Å². The predicted octanol–water partition coefficient (Wildman–Crippen LogP) is 5.44. The topological polar surface area (TPSA) is 66.5 Å². The van der Waals surface area contributed by atoms with Crippen LogP contribution in [0.3, 0.4) is 0 Å². The molecule has 3 aromatic carbocycles. The number of sulfonamides is 1. The van der Waals surface area contributed by atoms with Crippen molar-refractivity contribution in [2.24, 2.45) is 0 Å². The molecule has 0 aliphatic heterocycles. The lowest BCUT2D eigenvalue weighted by atomic mass is 10.2. The maximum Gasteiger partial charge on any atom is 0.243 e. The van der Waals surface area contributed by atoms with E-state index in [1.54, 1.807) is 36.4 Å². The Morgan fingerprint density at radius 3 is 2.29 bits per heavy atom. The van der Waals surface area contributed by atoms with Crippen molar-refractivity contribution in [3.05, 3.63) is 93.5 Å². The van der Waals surface area contributed by atoms with E-state index < -0.39 is 15.9 Å². The van der Waals surface area contributed by atoms with Gasteiger partial charge in [0.1, 0.15) is 0 Å². The molecule has 31 heavy (non-hydrogen) atoms. The summed E-state index contributed by atoms with van der Waals surface area (Å²) in [7, 11) is -3.96. The van der Waals surface area contributed by atoms with Gasteiger partial charge < -0.3 is 5.32 Å². The number of anilines is 1. The summed E-state index contributed by atoms with van der Waals surface area (Å²) in [6.45, 7) is 3.33. The van der Waals surface area contributed by atoms with Crippen LogP contribution in [-0.4, -0.2) is 25.2 Å². The van der Waals surface area contributed by atoms with Gasteiger partial charge in [0.15, 0.2) is 0 Å². The number of aryl methyl sites for hydroxylation is 2. The van der Waals surface area contributed by atoms with Crippen molar-refractivity contribution in [2.75, 3.05) is 11.9 Å². The summed E-state index contributed by atoms with van der Waals surface area (Å²) in [4.78, 5) is 12.8. The Hall–Kier alpha value is -2.38. The van der Waals surface area contributed by atoms with Crippen LogP contribution in [-0.2, 0) is 21.4 Å². The summed E-state index contributed by atoms with van der Waals surface area (Å²) >= 11 is 12.2. The highest BCUT2D eigenvalue weighted by Gasteiger charge is 2.27. The monoisotopic (exact) mass is 476 g/mol. The molecule has 0 saturated heterocycles. The fourth-order valence-corrected chi connectivity index (χ4v) is 4.85. The zero-order valence-electron chi connectivity index (χ0n) is 17.1. The molecule has 8 heteroatoms. The number of rotatable bonds is 7. The molecule has 0 spiro atoms. The molecule has 0 aliphatic rings. The second-order valence-electron chi connectivity index (χ2n) is 7.24. The Labute approximate surface area is 192 Å². The van der Waals surface area contributed by atoms with Crippen LogP contribution >= 0.6 is 23.2 Å². The van der Waals surface area contributed by atoms with Crippen LogP contribution in [0.5, 0.6) is 0 Å². The van der Waals surface area contributed by atoms with Gasteiger partial charge in [0.05, 0.1) is 11.4 Å². The zero-order chi connectivity index (χ0) is 22.6. The summed E-state index contributed by atoms with van der Waals surface area (Å²) in [5.74, 6) is -0.452. The maximum absolute atomic E-state index is 13.3. The Balaban J connectivity index is 1.91. The SMILES string of the molecule is Cc1ccc(S(=O)(=O)N(CC(=O)Nc2cccc(C)c2)Cc2ccc(Cl)cc2Cl)cc1. The second kappa shape index (κ2) is 9.83. The predicted molar refractivity (Wildman–Crippen MR) is 125 cm³/mol. The minimum atomic E-state index is -3.96. The third kappa shape index (κ3) is 6.08. The van der Waals surface area contributed by atoms with Crippen LogP contribution in [0.15, 0.2) is 71.6 Å². The molecule has 5 nitrogen and oxygen atoms in total. The minimum Gasteiger partial charge on any atom is -0.325 e. The van der Waals surface area contributed by atoms with E-state index >= 15 is 0 Å². The number of nitrogens with one attached hydrogen (secondary N) is 1. The van der Waals surface area contributed by atoms with E-state index in [0.717, 1.165) is 15.4 Å². The molecule has 1 amide bonds. The van der Waals surface area contributed by atoms with Crippen molar-refractivity contribution >= 4 is 44.8 Å². The first-order chi connectivity index (χ1) is 14.6. The van der Waals surface area contributed by atoms with E-state index in [4.69, 9.17) is 23.2 Å². The lowest BCUT2D eigenvalue weighted by Gasteiger charge is -2.22. The van der Waals surface area contributed by atoms with E-state index in [2.05, 4.69) is 5.32 Å². The van der Waals surface area contributed by atoms with Gasteiger partial charge in [-0.25, -0.2) is 8.42 Å². The highest BCUT2D eigenvalue weighted by molar-refractivity contribution is 7.89. The highest BCUT2D eigenvalue weighted by atomic mass is 35.5. The fourth-order valence-electron chi connectivity index (χ4n) is 3.01. The van der Waals surface area contributed by atoms with Crippen LogP contribution < -0.4 is 5.32 Å². The van der Waals surface area contributed by atoms with Crippen LogP contribution in [0, 0.1) is 13.8 Å². The van der Waals surface area contributed by atoms with E-state index in [-0.39, 0.29) is 18.0 Å². The van der Waals surface area contributed by atoms with Crippen LogP contribution in [0.25, 0.3) is 0 Å².